The van der Waals surface area contributed by atoms with Gasteiger partial charge in [-0.2, -0.15) is 15.3 Å². The highest BCUT2D eigenvalue weighted by Crippen LogP contribution is 2.28. The zero-order chi connectivity index (χ0) is 17.6. The fraction of sp³-hybridized carbons (Fsp3) is 0. The summed E-state index contributed by atoms with van der Waals surface area (Å²) in [6.45, 7) is 0. The molecule has 0 radical (unpaired) electrons. The highest BCUT2D eigenvalue weighted by molar-refractivity contribution is 5.92. The lowest BCUT2D eigenvalue weighted by Crippen LogP contribution is -1.72. The van der Waals surface area contributed by atoms with Crippen LogP contribution in [0.3, 0.4) is 0 Å². The van der Waals surface area contributed by atoms with Gasteiger partial charge in [-0.3, -0.25) is 0 Å². The van der Waals surface area contributed by atoms with E-state index >= 15 is 0 Å². The minimum absolute atomic E-state index is 0.775. The van der Waals surface area contributed by atoms with Crippen molar-refractivity contribution in [2.75, 3.05) is 0 Å². The quantitative estimate of drug-likeness (QED) is 0.343. The number of rotatable bonds is 4. The summed E-state index contributed by atoms with van der Waals surface area (Å²) in [5.74, 6) is 0. The summed E-state index contributed by atoms with van der Waals surface area (Å²) in [7, 11) is 0. The van der Waals surface area contributed by atoms with Crippen molar-refractivity contribution in [2.45, 2.75) is 0 Å². The van der Waals surface area contributed by atoms with Gasteiger partial charge in [0, 0.05) is 5.39 Å². The minimum atomic E-state index is 0.775. The van der Waals surface area contributed by atoms with Crippen LogP contribution in [0.5, 0.6) is 0 Å². The molecule has 0 fully saturated rings. The molecule has 0 aliphatic rings. The van der Waals surface area contributed by atoms with E-state index in [0.29, 0.717) is 0 Å². The Balaban J connectivity index is 1.52. The number of azo groups is 2. The Bertz CT molecular complexity index is 1060. The van der Waals surface area contributed by atoms with Gasteiger partial charge < -0.3 is 0 Å². The highest BCUT2D eigenvalue weighted by atomic mass is 15.1. The van der Waals surface area contributed by atoms with Crippen LogP contribution in [-0.4, -0.2) is 0 Å². The Morgan fingerprint density at radius 3 is 1.65 bits per heavy atom. The summed E-state index contributed by atoms with van der Waals surface area (Å²) >= 11 is 0. The summed E-state index contributed by atoms with van der Waals surface area (Å²) in [6.07, 6.45) is 0. The Morgan fingerprint density at radius 1 is 0.385 bits per heavy atom. The molecule has 0 spiro atoms. The summed E-state index contributed by atoms with van der Waals surface area (Å²) in [4.78, 5) is 0. The van der Waals surface area contributed by atoms with E-state index in [4.69, 9.17) is 0 Å². The smallest absolute Gasteiger partial charge is 0.0935 e. The monoisotopic (exact) mass is 336 g/mol. The summed E-state index contributed by atoms with van der Waals surface area (Å²) in [5.41, 5.74) is 3.23. The lowest BCUT2D eigenvalue weighted by molar-refractivity contribution is 1.21. The molecule has 0 aromatic heterocycles. The molecule has 0 atom stereocenters. The van der Waals surface area contributed by atoms with Crippen LogP contribution < -0.4 is 0 Å². The summed E-state index contributed by atoms with van der Waals surface area (Å²) < 4.78 is 0. The van der Waals surface area contributed by atoms with Gasteiger partial charge in [-0.15, -0.1) is 5.11 Å². The van der Waals surface area contributed by atoms with Crippen LogP contribution in [0.2, 0.25) is 0 Å². The van der Waals surface area contributed by atoms with E-state index < -0.39 is 0 Å². The topological polar surface area (TPSA) is 49.4 Å². The third-order valence-electron chi connectivity index (χ3n) is 3.93. The molecule has 4 aromatic carbocycles. The average Bonchev–Trinajstić information content (AvgIpc) is 2.72. The molecule has 0 bridgehead atoms. The number of benzene rings is 4. The lowest BCUT2D eigenvalue weighted by Gasteiger charge is -2.00. The summed E-state index contributed by atoms with van der Waals surface area (Å²) in [5, 5.41) is 19.4. The largest absolute Gasteiger partial charge is 0.151 e. The van der Waals surface area contributed by atoms with E-state index in [1.807, 2.05) is 78.9 Å². The molecular formula is C22H16N4. The van der Waals surface area contributed by atoms with Crippen molar-refractivity contribution in [1.82, 2.24) is 0 Å². The maximum Gasteiger partial charge on any atom is 0.0935 e. The van der Waals surface area contributed by atoms with Crippen LogP contribution in [-0.2, 0) is 0 Å². The van der Waals surface area contributed by atoms with Gasteiger partial charge in [0.05, 0.1) is 22.7 Å². The predicted octanol–water partition coefficient (Wildman–Crippen LogP) is 7.67. The van der Waals surface area contributed by atoms with E-state index in [9.17, 15) is 0 Å². The van der Waals surface area contributed by atoms with Crippen LogP contribution in [0.15, 0.2) is 118 Å². The molecule has 0 saturated carbocycles. The Kier molecular flexibility index (Phi) is 4.56. The second-order valence-electron chi connectivity index (χ2n) is 5.75. The number of fused-ring (bicyclic) bond motifs is 1. The molecule has 0 aliphatic heterocycles. The van der Waals surface area contributed by atoms with Crippen molar-refractivity contribution in [3.8, 4) is 0 Å². The van der Waals surface area contributed by atoms with Crippen molar-refractivity contribution in [3.63, 3.8) is 0 Å². The molecule has 0 saturated heterocycles. The maximum atomic E-state index is 4.40. The van der Waals surface area contributed by atoms with Crippen molar-refractivity contribution in [2.24, 2.45) is 20.5 Å². The SMILES string of the molecule is c1ccc(/N=N/c2ccc(N=Nc3cccc4ccccc34)cc2)cc1. The second-order valence-corrected chi connectivity index (χ2v) is 5.75. The van der Waals surface area contributed by atoms with Crippen LogP contribution >= 0.6 is 0 Å². The standard InChI is InChI=1S/C22H16N4/c1-2-9-18(10-3-1)23-24-19-13-15-20(16-14-19)25-26-22-12-6-8-17-7-4-5-11-21(17)22/h1-16H/b24-23+,26-25?. The molecule has 0 N–H and O–H groups in total. The van der Waals surface area contributed by atoms with Crippen molar-refractivity contribution in [1.29, 1.82) is 0 Å². The van der Waals surface area contributed by atoms with Gasteiger partial charge in [-0.05, 0) is 47.9 Å². The molecule has 0 heterocycles. The molecule has 0 amide bonds. The first kappa shape index (κ1) is 15.8. The van der Waals surface area contributed by atoms with Crippen molar-refractivity contribution in [3.05, 3.63) is 97.1 Å². The Hall–Kier alpha value is -3.66. The van der Waals surface area contributed by atoms with Crippen LogP contribution in [0.25, 0.3) is 10.8 Å². The molecule has 0 aliphatic carbocycles. The van der Waals surface area contributed by atoms with Crippen molar-refractivity contribution >= 4 is 33.5 Å². The normalized spacial score (nSPS) is 11.5. The van der Waals surface area contributed by atoms with E-state index in [1.165, 1.54) is 0 Å². The highest BCUT2D eigenvalue weighted by Gasteiger charge is 1.99. The molecule has 4 rings (SSSR count). The number of hydrogen-bond acceptors (Lipinski definition) is 4. The molecule has 4 nitrogen and oxygen atoms in total. The number of nitrogens with zero attached hydrogens (tertiary/aromatic N) is 4. The third-order valence-corrected chi connectivity index (χ3v) is 3.93. The number of hydrogen-bond donors (Lipinski definition) is 0. The molecule has 4 aromatic rings. The van der Waals surface area contributed by atoms with Gasteiger partial charge in [0.2, 0.25) is 0 Å². The fourth-order valence-corrected chi connectivity index (χ4v) is 2.60. The first-order chi connectivity index (χ1) is 12.9. The van der Waals surface area contributed by atoms with Gasteiger partial charge in [0.25, 0.3) is 0 Å². The van der Waals surface area contributed by atoms with Gasteiger partial charge in [0.15, 0.2) is 0 Å². The molecule has 26 heavy (non-hydrogen) atoms. The van der Waals surface area contributed by atoms with Crippen LogP contribution in [0, 0.1) is 0 Å². The van der Waals surface area contributed by atoms with E-state index in [2.05, 4.69) is 38.7 Å². The zero-order valence-electron chi connectivity index (χ0n) is 14.0. The first-order valence-electron chi connectivity index (χ1n) is 8.35. The van der Waals surface area contributed by atoms with Gasteiger partial charge in [-0.25, -0.2) is 0 Å². The van der Waals surface area contributed by atoms with Crippen LogP contribution in [0.4, 0.5) is 22.7 Å². The average molecular weight is 336 g/mol. The summed E-state index contributed by atoms with van der Waals surface area (Å²) in [6, 6.07) is 31.4. The second kappa shape index (κ2) is 7.49. The Morgan fingerprint density at radius 2 is 0.923 bits per heavy atom. The van der Waals surface area contributed by atoms with E-state index in [-0.39, 0.29) is 0 Å². The Labute approximate surface area is 151 Å². The minimum Gasteiger partial charge on any atom is -0.151 e. The van der Waals surface area contributed by atoms with Gasteiger partial charge in [-0.1, -0.05) is 54.6 Å². The van der Waals surface area contributed by atoms with Crippen LogP contribution in [0.1, 0.15) is 0 Å². The zero-order valence-corrected chi connectivity index (χ0v) is 14.0. The first-order valence-corrected chi connectivity index (χ1v) is 8.35. The lowest BCUT2D eigenvalue weighted by atomic mass is 10.1. The van der Waals surface area contributed by atoms with Gasteiger partial charge >= 0.3 is 0 Å². The third kappa shape index (κ3) is 3.70. The van der Waals surface area contributed by atoms with E-state index in [0.717, 1.165) is 33.5 Å². The molecule has 124 valence electrons. The predicted molar refractivity (Wildman–Crippen MR) is 105 cm³/mol. The molecule has 0 unspecified atom stereocenters. The van der Waals surface area contributed by atoms with Gasteiger partial charge in [0.1, 0.15) is 0 Å². The molecule has 4 heteroatoms. The molecular weight excluding hydrogens is 320 g/mol. The fourth-order valence-electron chi connectivity index (χ4n) is 2.60. The maximum absolute atomic E-state index is 4.40. The van der Waals surface area contributed by atoms with E-state index in [1.54, 1.807) is 0 Å². The van der Waals surface area contributed by atoms with Crippen molar-refractivity contribution < 1.29 is 0 Å².